The van der Waals surface area contributed by atoms with Gasteiger partial charge in [-0.3, -0.25) is 4.79 Å². The molecule has 0 aliphatic carbocycles. The summed E-state index contributed by atoms with van der Waals surface area (Å²) in [4.78, 5) is 26.1. The van der Waals surface area contributed by atoms with Gasteiger partial charge in [-0.15, -0.1) is 11.8 Å². The van der Waals surface area contributed by atoms with Crippen LogP contribution >= 0.6 is 35.0 Å². The Morgan fingerprint density at radius 2 is 1.88 bits per heavy atom. The van der Waals surface area contributed by atoms with Crippen LogP contribution in [0.2, 0.25) is 10.0 Å². The van der Waals surface area contributed by atoms with E-state index in [1.165, 1.54) is 28.8 Å². The highest BCUT2D eigenvalue weighted by molar-refractivity contribution is 8.00. The minimum Gasteiger partial charge on any atom is -0.480 e. The number of carboxylic acid groups (broad SMARTS) is 1. The Morgan fingerprint density at radius 1 is 1.16 bits per heavy atom. The highest BCUT2D eigenvalue weighted by Crippen LogP contribution is 2.34. The minimum absolute atomic E-state index is 0.219. The molecule has 1 aliphatic rings. The predicted octanol–water partition coefficient (Wildman–Crippen LogP) is 4.20. The van der Waals surface area contributed by atoms with Gasteiger partial charge in [0.2, 0.25) is 0 Å². The second-order valence-electron chi connectivity index (χ2n) is 5.67. The van der Waals surface area contributed by atoms with Crippen molar-refractivity contribution in [3.8, 4) is 0 Å². The quantitative estimate of drug-likeness (QED) is 0.842. The number of hydrogen-bond donors (Lipinski definition) is 1. The first-order valence-corrected chi connectivity index (χ1v) is 9.44. The Hall–Kier alpha value is -1.69. The van der Waals surface area contributed by atoms with Crippen LogP contribution in [0.4, 0.5) is 0 Å². The summed E-state index contributed by atoms with van der Waals surface area (Å²) in [6.07, 6.45) is 0.576. The smallest absolute Gasteiger partial charge is 0.327 e. The van der Waals surface area contributed by atoms with Crippen LogP contribution < -0.4 is 0 Å². The molecule has 7 heteroatoms. The number of benzene rings is 2. The fourth-order valence-electron chi connectivity index (χ4n) is 2.80. The number of aliphatic carboxylic acids is 1. The van der Waals surface area contributed by atoms with Crippen LogP contribution in [-0.2, 0) is 11.2 Å². The van der Waals surface area contributed by atoms with Gasteiger partial charge in [0, 0.05) is 17.2 Å². The van der Waals surface area contributed by atoms with Gasteiger partial charge in [-0.1, -0.05) is 53.5 Å². The van der Waals surface area contributed by atoms with Crippen LogP contribution in [0.15, 0.2) is 48.5 Å². The third-order valence-corrected chi connectivity index (χ3v) is 5.86. The standard InChI is InChI=1S/C18H15Cl2NO3S/c19-12-6-7-13(14(20)9-12)17(22)21-15(18(23)24)10-25-16(21)8-11-4-2-1-3-5-11/h1-7,9,15-16H,8,10H2,(H,23,24). The van der Waals surface area contributed by atoms with E-state index < -0.39 is 12.0 Å². The van der Waals surface area contributed by atoms with Crippen molar-refractivity contribution in [2.45, 2.75) is 17.8 Å². The van der Waals surface area contributed by atoms with Gasteiger partial charge in [0.15, 0.2) is 0 Å². The maximum absolute atomic E-state index is 13.0. The van der Waals surface area contributed by atoms with Crippen molar-refractivity contribution in [2.75, 3.05) is 5.75 Å². The molecule has 3 rings (SSSR count). The molecule has 0 saturated carbocycles. The van der Waals surface area contributed by atoms with Gasteiger partial charge in [0.1, 0.15) is 6.04 Å². The highest BCUT2D eigenvalue weighted by atomic mass is 35.5. The lowest BCUT2D eigenvalue weighted by Gasteiger charge is -2.28. The first kappa shape index (κ1) is 18.1. The van der Waals surface area contributed by atoms with Crippen molar-refractivity contribution in [2.24, 2.45) is 0 Å². The summed E-state index contributed by atoms with van der Waals surface area (Å²) in [6.45, 7) is 0. The van der Waals surface area contributed by atoms with Crippen molar-refractivity contribution in [3.63, 3.8) is 0 Å². The molecule has 1 fully saturated rings. The summed E-state index contributed by atoms with van der Waals surface area (Å²) in [6, 6.07) is 13.4. The van der Waals surface area contributed by atoms with Gasteiger partial charge in [-0.25, -0.2) is 4.79 Å². The van der Waals surface area contributed by atoms with Gasteiger partial charge >= 0.3 is 5.97 Å². The number of halogens is 2. The maximum Gasteiger partial charge on any atom is 0.327 e. The molecule has 4 nitrogen and oxygen atoms in total. The summed E-state index contributed by atoms with van der Waals surface area (Å²) in [7, 11) is 0. The molecule has 25 heavy (non-hydrogen) atoms. The van der Waals surface area contributed by atoms with Gasteiger partial charge < -0.3 is 10.0 Å². The fourth-order valence-corrected chi connectivity index (χ4v) is 4.71. The van der Waals surface area contributed by atoms with Crippen molar-refractivity contribution < 1.29 is 14.7 Å². The molecule has 1 heterocycles. The zero-order valence-electron chi connectivity index (χ0n) is 13.1. The van der Waals surface area contributed by atoms with Crippen molar-refractivity contribution in [1.29, 1.82) is 0 Å². The molecular weight excluding hydrogens is 381 g/mol. The maximum atomic E-state index is 13.0. The molecule has 2 aromatic rings. The second kappa shape index (κ2) is 7.68. The SMILES string of the molecule is O=C(O)C1CSC(Cc2ccccc2)N1C(=O)c1ccc(Cl)cc1Cl. The van der Waals surface area contributed by atoms with Crippen LogP contribution in [0.3, 0.4) is 0 Å². The molecule has 1 amide bonds. The van der Waals surface area contributed by atoms with Gasteiger partial charge in [-0.2, -0.15) is 0 Å². The zero-order valence-corrected chi connectivity index (χ0v) is 15.4. The number of carbonyl (C=O) groups excluding carboxylic acids is 1. The molecule has 0 spiro atoms. The Kier molecular flexibility index (Phi) is 5.57. The van der Waals surface area contributed by atoms with E-state index in [0.717, 1.165) is 5.56 Å². The van der Waals surface area contributed by atoms with Crippen LogP contribution in [0.1, 0.15) is 15.9 Å². The van der Waals surface area contributed by atoms with Crippen molar-refractivity contribution in [1.82, 2.24) is 4.90 Å². The number of rotatable bonds is 4. The molecule has 1 N–H and O–H groups in total. The Bertz CT molecular complexity index is 800. The third kappa shape index (κ3) is 3.94. The number of carbonyl (C=O) groups is 2. The number of nitrogens with zero attached hydrogens (tertiary/aromatic N) is 1. The summed E-state index contributed by atoms with van der Waals surface area (Å²) in [5, 5.41) is 9.90. The van der Waals surface area contributed by atoms with Gasteiger partial charge in [-0.05, 0) is 23.8 Å². The van der Waals surface area contributed by atoms with E-state index in [2.05, 4.69) is 0 Å². The molecule has 0 bridgehead atoms. The molecular formula is C18H15Cl2NO3S. The van der Waals surface area contributed by atoms with E-state index in [1.54, 1.807) is 6.07 Å². The molecule has 0 aromatic heterocycles. The van der Waals surface area contributed by atoms with E-state index in [0.29, 0.717) is 17.2 Å². The van der Waals surface area contributed by atoms with Crippen molar-refractivity contribution in [3.05, 3.63) is 69.7 Å². The summed E-state index contributed by atoms with van der Waals surface area (Å²) >= 11 is 13.5. The topological polar surface area (TPSA) is 57.6 Å². The first-order chi connectivity index (χ1) is 12.0. The molecule has 1 aliphatic heterocycles. The Balaban J connectivity index is 1.91. The predicted molar refractivity (Wildman–Crippen MR) is 100 cm³/mol. The normalized spacial score (nSPS) is 19.8. The van der Waals surface area contributed by atoms with Gasteiger partial charge in [0.05, 0.1) is 16.0 Å². The first-order valence-electron chi connectivity index (χ1n) is 7.63. The van der Waals surface area contributed by atoms with Crippen LogP contribution in [0, 0.1) is 0 Å². The molecule has 0 radical (unpaired) electrons. The Labute approximate surface area is 159 Å². The summed E-state index contributed by atoms with van der Waals surface area (Å²) in [5.74, 6) is -1.05. The molecule has 2 atom stereocenters. The number of carboxylic acids is 1. The van der Waals surface area contributed by atoms with E-state index in [4.69, 9.17) is 23.2 Å². The number of hydrogen-bond acceptors (Lipinski definition) is 3. The monoisotopic (exact) mass is 395 g/mol. The molecule has 2 unspecified atom stereocenters. The zero-order chi connectivity index (χ0) is 18.0. The van der Waals surface area contributed by atoms with E-state index in [1.807, 2.05) is 30.3 Å². The fraction of sp³-hybridized carbons (Fsp3) is 0.222. The van der Waals surface area contributed by atoms with E-state index in [9.17, 15) is 14.7 Å². The van der Waals surface area contributed by atoms with Gasteiger partial charge in [0.25, 0.3) is 5.91 Å². The molecule has 2 aromatic carbocycles. The van der Waals surface area contributed by atoms with Crippen LogP contribution in [0.25, 0.3) is 0 Å². The van der Waals surface area contributed by atoms with Crippen LogP contribution in [-0.4, -0.2) is 39.1 Å². The second-order valence-corrected chi connectivity index (χ2v) is 7.72. The molecule has 1 saturated heterocycles. The Morgan fingerprint density at radius 3 is 2.52 bits per heavy atom. The summed E-state index contributed by atoms with van der Waals surface area (Å²) in [5.41, 5.74) is 1.31. The lowest BCUT2D eigenvalue weighted by Crippen LogP contribution is -2.46. The minimum atomic E-state index is -1.01. The van der Waals surface area contributed by atoms with E-state index >= 15 is 0 Å². The largest absolute Gasteiger partial charge is 0.480 e. The molecule has 130 valence electrons. The lowest BCUT2D eigenvalue weighted by molar-refractivity contribution is -0.141. The lowest BCUT2D eigenvalue weighted by atomic mass is 10.1. The number of thioether (sulfide) groups is 1. The van der Waals surface area contributed by atoms with E-state index in [-0.39, 0.29) is 21.9 Å². The number of amides is 1. The average Bonchev–Trinajstić information content (AvgIpc) is 2.99. The highest BCUT2D eigenvalue weighted by Gasteiger charge is 2.42. The summed E-state index contributed by atoms with van der Waals surface area (Å²) < 4.78 is 0. The van der Waals surface area contributed by atoms with Crippen LogP contribution in [0.5, 0.6) is 0 Å². The average molecular weight is 396 g/mol. The third-order valence-electron chi connectivity index (χ3n) is 4.03. The van der Waals surface area contributed by atoms with Crippen molar-refractivity contribution >= 4 is 46.8 Å².